The second-order valence-corrected chi connectivity index (χ2v) is 4.71. The van der Waals surface area contributed by atoms with E-state index in [0.29, 0.717) is 16.6 Å². The summed E-state index contributed by atoms with van der Waals surface area (Å²) in [7, 11) is 0. The monoisotopic (exact) mass is 350 g/mol. The molecule has 0 aliphatic carbocycles. The van der Waals surface area contributed by atoms with Crippen molar-refractivity contribution in [3.05, 3.63) is 46.2 Å². The van der Waals surface area contributed by atoms with Gasteiger partial charge in [0.2, 0.25) is 5.88 Å². The Hall–Kier alpha value is -1.83. The van der Waals surface area contributed by atoms with Crippen LogP contribution in [0.2, 0.25) is 0 Å². The predicted molar refractivity (Wildman–Crippen MR) is 67.8 cm³/mol. The summed E-state index contributed by atoms with van der Waals surface area (Å²) in [5.74, 6) is -1.80. The lowest BCUT2D eigenvalue weighted by atomic mass is 10.2. The smallest absolute Gasteiger partial charge is 0.416 e. The van der Waals surface area contributed by atoms with E-state index >= 15 is 0 Å². The van der Waals surface area contributed by atoms with Crippen molar-refractivity contribution < 1.29 is 22.3 Å². The van der Waals surface area contributed by atoms with Gasteiger partial charge in [0, 0.05) is 10.5 Å². The van der Waals surface area contributed by atoms with Crippen molar-refractivity contribution in [1.29, 1.82) is 0 Å². The molecule has 0 saturated heterocycles. The minimum absolute atomic E-state index is 0.259. The standard InChI is InChI=1S/C12H7BrF4N2O/c13-7-1-2-8(14)9(5-7)20-11-4-6(12(15,16)17)3-10(18)19-11/h1-5H,(H2,18,19). The van der Waals surface area contributed by atoms with Crippen LogP contribution in [0.3, 0.4) is 0 Å². The molecule has 0 radical (unpaired) electrons. The summed E-state index contributed by atoms with van der Waals surface area (Å²) in [5, 5.41) is 0. The van der Waals surface area contributed by atoms with E-state index in [1.54, 1.807) is 0 Å². The number of rotatable bonds is 2. The van der Waals surface area contributed by atoms with Crippen molar-refractivity contribution in [3.8, 4) is 11.6 Å². The summed E-state index contributed by atoms with van der Waals surface area (Å²) >= 11 is 3.10. The van der Waals surface area contributed by atoms with E-state index in [-0.39, 0.29) is 11.6 Å². The Balaban J connectivity index is 2.39. The second kappa shape index (κ2) is 5.28. The minimum Gasteiger partial charge on any atom is -0.436 e. The summed E-state index contributed by atoms with van der Waals surface area (Å²) in [6.07, 6.45) is -4.59. The van der Waals surface area contributed by atoms with E-state index in [4.69, 9.17) is 10.5 Å². The lowest BCUT2D eigenvalue weighted by molar-refractivity contribution is -0.137. The maximum Gasteiger partial charge on any atom is 0.416 e. The molecule has 1 aromatic heterocycles. The van der Waals surface area contributed by atoms with Crippen LogP contribution in [-0.4, -0.2) is 4.98 Å². The fraction of sp³-hybridized carbons (Fsp3) is 0.0833. The van der Waals surface area contributed by atoms with Crippen LogP contribution in [0.1, 0.15) is 5.56 Å². The Morgan fingerprint density at radius 3 is 2.50 bits per heavy atom. The summed E-state index contributed by atoms with van der Waals surface area (Å²) in [5.41, 5.74) is 4.27. The first-order chi connectivity index (χ1) is 9.25. The average Bonchev–Trinajstić information content (AvgIpc) is 2.32. The number of halogens is 5. The van der Waals surface area contributed by atoms with Gasteiger partial charge in [-0.05, 0) is 24.3 Å². The molecule has 0 aliphatic heterocycles. The van der Waals surface area contributed by atoms with E-state index in [9.17, 15) is 17.6 Å². The van der Waals surface area contributed by atoms with Gasteiger partial charge < -0.3 is 10.5 Å². The third kappa shape index (κ3) is 3.38. The molecule has 0 bridgehead atoms. The number of benzene rings is 1. The molecule has 106 valence electrons. The van der Waals surface area contributed by atoms with Gasteiger partial charge in [-0.1, -0.05) is 15.9 Å². The fourth-order valence-corrected chi connectivity index (χ4v) is 1.75. The summed E-state index contributed by atoms with van der Waals surface area (Å²) in [4.78, 5) is 3.59. The molecule has 0 atom stereocenters. The molecule has 8 heteroatoms. The number of pyridine rings is 1. The van der Waals surface area contributed by atoms with Crippen molar-refractivity contribution in [2.45, 2.75) is 6.18 Å². The van der Waals surface area contributed by atoms with Gasteiger partial charge in [-0.25, -0.2) is 4.39 Å². The number of nitrogens with two attached hydrogens (primary N) is 1. The van der Waals surface area contributed by atoms with Gasteiger partial charge in [-0.3, -0.25) is 0 Å². The van der Waals surface area contributed by atoms with Crippen LogP contribution in [-0.2, 0) is 6.18 Å². The lowest BCUT2D eigenvalue weighted by Gasteiger charge is -2.11. The van der Waals surface area contributed by atoms with Crippen LogP contribution < -0.4 is 10.5 Å². The van der Waals surface area contributed by atoms with Gasteiger partial charge in [0.1, 0.15) is 5.82 Å². The van der Waals surface area contributed by atoms with Crippen molar-refractivity contribution >= 4 is 21.7 Å². The minimum atomic E-state index is -4.59. The molecular weight excluding hydrogens is 344 g/mol. The number of nitrogen functional groups attached to an aromatic ring is 1. The molecular formula is C12H7BrF4N2O. The average molecular weight is 351 g/mol. The van der Waals surface area contributed by atoms with Gasteiger partial charge in [0.15, 0.2) is 11.6 Å². The largest absolute Gasteiger partial charge is 0.436 e. The molecule has 2 rings (SSSR count). The quantitative estimate of drug-likeness (QED) is 0.817. The number of anilines is 1. The number of hydrogen-bond acceptors (Lipinski definition) is 3. The molecule has 0 amide bonds. The third-order valence-corrected chi connectivity index (χ3v) is 2.75. The predicted octanol–water partition coefficient (Wildman–Crippen LogP) is 4.38. The van der Waals surface area contributed by atoms with E-state index in [2.05, 4.69) is 20.9 Å². The normalized spacial score (nSPS) is 11.4. The summed E-state index contributed by atoms with van der Waals surface area (Å²) in [6, 6.07) is 5.13. The summed E-state index contributed by atoms with van der Waals surface area (Å²) in [6.45, 7) is 0. The van der Waals surface area contributed by atoms with E-state index in [1.165, 1.54) is 12.1 Å². The molecule has 0 spiro atoms. The Labute approximate surface area is 119 Å². The first kappa shape index (κ1) is 14.6. The van der Waals surface area contributed by atoms with E-state index in [0.717, 1.165) is 6.07 Å². The van der Waals surface area contributed by atoms with Crippen molar-refractivity contribution in [3.63, 3.8) is 0 Å². The van der Waals surface area contributed by atoms with Gasteiger partial charge >= 0.3 is 6.18 Å². The Kier molecular flexibility index (Phi) is 3.85. The fourth-order valence-electron chi connectivity index (χ4n) is 1.41. The second-order valence-electron chi connectivity index (χ2n) is 3.79. The zero-order chi connectivity index (χ0) is 14.9. The summed E-state index contributed by atoms with van der Waals surface area (Å²) < 4.78 is 56.8. The first-order valence-electron chi connectivity index (χ1n) is 5.23. The first-order valence-corrected chi connectivity index (χ1v) is 6.02. The van der Waals surface area contributed by atoms with Crippen LogP contribution in [0.5, 0.6) is 11.6 Å². The van der Waals surface area contributed by atoms with Crippen LogP contribution in [0.15, 0.2) is 34.8 Å². The van der Waals surface area contributed by atoms with Crippen LogP contribution in [0.25, 0.3) is 0 Å². The molecule has 0 unspecified atom stereocenters. The highest BCUT2D eigenvalue weighted by atomic mass is 79.9. The van der Waals surface area contributed by atoms with Crippen LogP contribution >= 0.6 is 15.9 Å². The highest BCUT2D eigenvalue weighted by Gasteiger charge is 2.31. The molecule has 0 aliphatic rings. The number of alkyl halides is 3. The number of nitrogens with zero attached hydrogens (tertiary/aromatic N) is 1. The molecule has 1 heterocycles. The highest BCUT2D eigenvalue weighted by Crippen LogP contribution is 2.34. The van der Waals surface area contributed by atoms with E-state index in [1.807, 2.05) is 0 Å². The number of ether oxygens (including phenoxy) is 1. The maximum atomic E-state index is 13.5. The van der Waals surface area contributed by atoms with E-state index < -0.39 is 23.4 Å². The van der Waals surface area contributed by atoms with Gasteiger partial charge in [-0.15, -0.1) is 0 Å². The van der Waals surface area contributed by atoms with Gasteiger partial charge in [0.25, 0.3) is 0 Å². The molecule has 0 fully saturated rings. The van der Waals surface area contributed by atoms with Gasteiger partial charge in [0.05, 0.1) is 5.56 Å². The Bertz CT molecular complexity index is 646. The maximum absolute atomic E-state index is 13.5. The van der Waals surface area contributed by atoms with Gasteiger partial charge in [-0.2, -0.15) is 18.2 Å². The topological polar surface area (TPSA) is 48.1 Å². The molecule has 3 nitrogen and oxygen atoms in total. The van der Waals surface area contributed by atoms with Crippen molar-refractivity contribution in [2.24, 2.45) is 0 Å². The molecule has 0 saturated carbocycles. The molecule has 2 aromatic rings. The number of aromatic nitrogens is 1. The molecule has 20 heavy (non-hydrogen) atoms. The van der Waals surface area contributed by atoms with Crippen molar-refractivity contribution in [1.82, 2.24) is 4.98 Å². The lowest BCUT2D eigenvalue weighted by Crippen LogP contribution is -2.07. The Morgan fingerprint density at radius 2 is 1.85 bits per heavy atom. The Morgan fingerprint density at radius 1 is 1.15 bits per heavy atom. The molecule has 1 aromatic carbocycles. The zero-order valence-corrected chi connectivity index (χ0v) is 11.3. The van der Waals surface area contributed by atoms with Crippen molar-refractivity contribution in [2.75, 3.05) is 5.73 Å². The SMILES string of the molecule is Nc1cc(C(F)(F)F)cc(Oc2cc(Br)ccc2F)n1. The number of hydrogen-bond donors (Lipinski definition) is 1. The van der Waals surface area contributed by atoms with Crippen LogP contribution in [0, 0.1) is 5.82 Å². The van der Waals surface area contributed by atoms with Crippen LogP contribution in [0.4, 0.5) is 23.4 Å². The highest BCUT2D eigenvalue weighted by molar-refractivity contribution is 9.10. The zero-order valence-electron chi connectivity index (χ0n) is 9.71. The molecule has 2 N–H and O–H groups in total. The third-order valence-electron chi connectivity index (χ3n) is 2.26.